The van der Waals surface area contributed by atoms with Gasteiger partial charge in [-0.3, -0.25) is 15.0 Å². The second kappa shape index (κ2) is 5.50. The van der Waals surface area contributed by atoms with Crippen LogP contribution in [0, 0.1) is 5.92 Å². The van der Waals surface area contributed by atoms with Crippen LogP contribution in [-0.2, 0) is 9.59 Å². The van der Waals surface area contributed by atoms with Gasteiger partial charge in [0.1, 0.15) is 6.54 Å². The maximum Gasteiger partial charge on any atom is 0.319 e. The van der Waals surface area contributed by atoms with Gasteiger partial charge in [-0.2, -0.15) is 0 Å². The van der Waals surface area contributed by atoms with E-state index in [1.54, 1.807) is 14.0 Å². The van der Waals surface area contributed by atoms with Crippen LogP contribution in [0.3, 0.4) is 0 Å². The number of hydrogen-bond acceptors (Lipinski definition) is 4. The molecule has 0 saturated carbocycles. The Hall–Kier alpha value is -1.14. The van der Waals surface area contributed by atoms with Crippen LogP contribution in [0.15, 0.2) is 0 Å². The zero-order valence-electron chi connectivity index (χ0n) is 7.65. The standard InChI is InChI=1S/C7H14N2O4/c1-5(7(12)13)3-8-9(2)4-6(10)11/h5,8H,3-4H2,1-2H3,(H,10,11)(H,12,13). The lowest BCUT2D eigenvalue weighted by molar-refractivity contribution is -0.141. The van der Waals surface area contributed by atoms with Gasteiger partial charge in [-0.05, 0) is 0 Å². The Balaban J connectivity index is 3.63. The van der Waals surface area contributed by atoms with E-state index < -0.39 is 17.9 Å². The van der Waals surface area contributed by atoms with E-state index in [9.17, 15) is 9.59 Å². The molecule has 3 N–H and O–H groups in total. The number of likely N-dealkylation sites (N-methyl/N-ethyl adjacent to an activating group) is 1. The molecule has 0 bridgehead atoms. The quantitative estimate of drug-likeness (QED) is 0.476. The minimum absolute atomic E-state index is 0.160. The summed E-state index contributed by atoms with van der Waals surface area (Å²) in [5, 5.41) is 18.2. The van der Waals surface area contributed by atoms with Crippen molar-refractivity contribution in [3.63, 3.8) is 0 Å². The van der Waals surface area contributed by atoms with Crippen LogP contribution in [0.25, 0.3) is 0 Å². The molecule has 13 heavy (non-hydrogen) atoms. The molecule has 76 valence electrons. The van der Waals surface area contributed by atoms with E-state index in [1.807, 2.05) is 0 Å². The van der Waals surface area contributed by atoms with Crippen molar-refractivity contribution in [2.75, 3.05) is 20.1 Å². The molecule has 0 aliphatic rings. The fourth-order valence-corrected chi connectivity index (χ4v) is 0.639. The van der Waals surface area contributed by atoms with Crippen LogP contribution >= 0.6 is 0 Å². The van der Waals surface area contributed by atoms with Gasteiger partial charge in [-0.15, -0.1) is 0 Å². The first-order valence-corrected chi connectivity index (χ1v) is 3.82. The van der Waals surface area contributed by atoms with Crippen LogP contribution in [0.5, 0.6) is 0 Å². The van der Waals surface area contributed by atoms with E-state index in [1.165, 1.54) is 5.01 Å². The predicted molar refractivity (Wildman–Crippen MR) is 45.1 cm³/mol. The highest BCUT2D eigenvalue weighted by Crippen LogP contribution is 1.91. The first-order valence-electron chi connectivity index (χ1n) is 3.82. The lowest BCUT2D eigenvalue weighted by Gasteiger charge is -2.17. The molecule has 0 aromatic heterocycles. The number of aliphatic carboxylic acids is 2. The van der Waals surface area contributed by atoms with Crippen molar-refractivity contribution in [2.45, 2.75) is 6.92 Å². The molecule has 0 rings (SSSR count). The average Bonchev–Trinajstić information content (AvgIpc) is 1.98. The minimum Gasteiger partial charge on any atom is -0.481 e. The summed E-state index contributed by atoms with van der Waals surface area (Å²) in [5.41, 5.74) is 2.67. The lowest BCUT2D eigenvalue weighted by atomic mass is 10.2. The van der Waals surface area contributed by atoms with Crippen molar-refractivity contribution >= 4 is 11.9 Å². The molecule has 0 heterocycles. The van der Waals surface area contributed by atoms with Gasteiger partial charge in [-0.1, -0.05) is 6.92 Å². The Labute approximate surface area is 76.1 Å². The largest absolute Gasteiger partial charge is 0.481 e. The second-order valence-corrected chi connectivity index (χ2v) is 2.85. The molecule has 0 radical (unpaired) electrons. The molecule has 0 aromatic carbocycles. The summed E-state index contributed by atoms with van der Waals surface area (Å²) in [5.74, 6) is -2.40. The van der Waals surface area contributed by atoms with E-state index in [0.29, 0.717) is 0 Å². The number of carboxylic acid groups (broad SMARTS) is 2. The van der Waals surface area contributed by atoms with Crippen LogP contribution in [-0.4, -0.2) is 47.3 Å². The van der Waals surface area contributed by atoms with Crippen molar-refractivity contribution in [1.82, 2.24) is 10.4 Å². The molecule has 0 aromatic rings. The van der Waals surface area contributed by atoms with E-state index in [4.69, 9.17) is 10.2 Å². The molecular weight excluding hydrogens is 176 g/mol. The van der Waals surface area contributed by atoms with Gasteiger partial charge in [-0.25, -0.2) is 5.01 Å². The van der Waals surface area contributed by atoms with Gasteiger partial charge in [0, 0.05) is 13.6 Å². The fraction of sp³-hybridized carbons (Fsp3) is 0.714. The van der Waals surface area contributed by atoms with Crippen molar-refractivity contribution in [1.29, 1.82) is 0 Å². The van der Waals surface area contributed by atoms with Gasteiger partial charge < -0.3 is 10.2 Å². The Bertz CT molecular complexity index is 195. The van der Waals surface area contributed by atoms with Crippen LogP contribution < -0.4 is 5.43 Å². The number of nitrogens with zero attached hydrogens (tertiary/aromatic N) is 1. The zero-order chi connectivity index (χ0) is 10.4. The third-order valence-electron chi connectivity index (χ3n) is 1.46. The normalized spacial score (nSPS) is 12.8. The molecule has 0 saturated heterocycles. The van der Waals surface area contributed by atoms with Gasteiger partial charge in [0.05, 0.1) is 5.92 Å². The van der Waals surface area contributed by atoms with Crippen LogP contribution in [0.2, 0.25) is 0 Å². The second-order valence-electron chi connectivity index (χ2n) is 2.85. The van der Waals surface area contributed by atoms with E-state index in [-0.39, 0.29) is 13.1 Å². The number of carboxylic acids is 2. The summed E-state index contributed by atoms with van der Waals surface area (Å²) < 4.78 is 0. The summed E-state index contributed by atoms with van der Waals surface area (Å²) in [6.07, 6.45) is 0. The molecule has 1 unspecified atom stereocenters. The molecule has 0 aliphatic carbocycles. The number of hydrazine groups is 1. The smallest absolute Gasteiger partial charge is 0.319 e. The number of hydrogen-bond donors (Lipinski definition) is 3. The van der Waals surface area contributed by atoms with Crippen LogP contribution in [0.4, 0.5) is 0 Å². The van der Waals surface area contributed by atoms with Crippen LogP contribution in [0.1, 0.15) is 6.92 Å². The Kier molecular flexibility index (Phi) is 5.01. The van der Waals surface area contributed by atoms with Crippen molar-refractivity contribution < 1.29 is 19.8 Å². The topological polar surface area (TPSA) is 89.9 Å². The lowest BCUT2D eigenvalue weighted by Crippen LogP contribution is -2.41. The minimum atomic E-state index is -0.960. The van der Waals surface area contributed by atoms with Gasteiger partial charge >= 0.3 is 11.9 Å². The van der Waals surface area contributed by atoms with Gasteiger partial charge in [0.15, 0.2) is 0 Å². The highest BCUT2D eigenvalue weighted by molar-refractivity contribution is 5.70. The van der Waals surface area contributed by atoms with Gasteiger partial charge in [0.25, 0.3) is 0 Å². The first kappa shape index (κ1) is 11.9. The average molecular weight is 190 g/mol. The maximum absolute atomic E-state index is 10.4. The highest BCUT2D eigenvalue weighted by atomic mass is 16.4. The van der Waals surface area contributed by atoms with Crippen molar-refractivity contribution in [3.05, 3.63) is 0 Å². The third-order valence-corrected chi connectivity index (χ3v) is 1.46. The Morgan fingerprint density at radius 2 is 2.00 bits per heavy atom. The fourth-order valence-electron chi connectivity index (χ4n) is 0.639. The number of carbonyl (C=O) groups is 2. The van der Waals surface area contributed by atoms with Crippen molar-refractivity contribution in [2.24, 2.45) is 5.92 Å². The van der Waals surface area contributed by atoms with Crippen molar-refractivity contribution in [3.8, 4) is 0 Å². The molecule has 0 spiro atoms. The predicted octanol–water partition coefficient (Wildman–Crippen LogP) is -0.772. The molecule has 0 amide bonds. The number of rotatable bonds is 6. The highest BCUT2D eigenvalue weighted by Gasteiger charge is 2.11. The molecule has 0 aliphatic heterocycles. The molecular formula is C7H14N2O4. The van der Waals surface area contributed by atoms with Gasteiger partial charge in [0.2, 0.25) is 0 Å². The van der Waals surface area contributed by atoms with E-state index in [0.717, 1.165) is 0 Å². The molecule has 0 fully saturated rings. The van der Waals surface area contributed by atoms with E-state index >= 15 is 0 Å². The monoisotopic (exact) mass is 190 g/mol. The molecule has 6 nitrogen and oxygen atoms in total. The summed E-state index contributed by atoms with van der Waals surface area (Å²) in [4.78, 5) is 20.5. The summed E-state index contributed by atoms with van der Waals surface area (Å²) in [6, 6.07) is 0. The molecule has 6 heteroatoms. The first-order chi connectivity index (χ1) is 5.93. The summed E-state index contributed by atoms with van der Waals surface area (Å²) in [6.45, 7) is 1.61. The SMILES string of the molecule is CC(CNN(C)CC(=O)O)C(=O)O. The Morgan fingerprint density at radius 1 is 1.46 bits per heavy atom. The Morgan fingerprint density at radius 3 is 2.38 bits per heavy atom. The number of nitrogens with one attached hydrogen (secondary N) is 1. The zero-order valence-corrected chi connectivity index (χ0v) is 7.65. The summed E-state index contributed by atoms with van der Waals surface area (Å²) >= 11 is 0. The van der Waals surface area contributed by atoms with E-state index in [2.05, 4.69) is 5.43 Å². The molecule has 1 atom stereocenters. The summed E-state index contributed by atoms with van der Waals surface area (Å²) in [7, 11) is 1.54. The maximum atomic E-state index is 10.4. The third kappa shape index (κ3) is 6.06.